The zero-order valence-electron chi connectivity index (χ0n) is 25.9. The van der Waals surface area contributed by atoms with Crippen LogP contribution in [0.3, 0.4) is 0 Å². The van der Waals surface area contributed by atoms with Gasteiger partial charge in [-0.05, 0) is 39.0 Å². The smallest absolute Gasteiger partial charge is 0.410 e. The second-order valence-corrected chi connectivity index (χ2v) is 11.0. The average molecular weight is 633 g/mol. The molecule has 0 spiro atoms. The van der Waals surface area contributed by atoms with Gasteiger partial charge >= 0.3 is 12.1 Å². The molecule has 240 valence electrons. The highest BCUT2D eigenvalue weighted by Gasteiger charge is 2.35. The van der Waals surface area contributed by atoms with E-state index in [1.807, 2.05) is 20.8 Å². The Morgan fingerprint density at radius 2 is 1.80 bits per heavy atom. The van der Waals surface area contributed by atoms with Gasteiger partial charge in [0.2, 0.25) is 0 Å². The quantitative estimate of drug-likeness (QED) is 0.179. The fourth-order valence-corrected chi connectivity index (χ4v) is 4.22. The molecule has 5 rings (SSSR count). The Bertz CT molecular complexity index is 1770. The van der Waals surface area contributed by atoms with Crippen molar-refractivity contribution >= 4 is 40.4 Å². The molecule has 0 aliphatic carbocycles. The molecule has 1 amide bonds. The molecule has 0 unspecified atom stereocenters. The third-order valence-electron chi connectivity index (χ3n) is 6.40. The van der Waals surface area contributed by atoms with Crippen molar-refractivity contribution in [3.05, 3.63) is 66.8 Å². The summed E-state index contributed by atoms with van der Waals surface area (Å²) >= 11 is 0. The van der Waals surface area contributed by atoms with Crippen LogP contribution in [0.4, 0.5) is 26.4 Å². The number of allylic oxidation sites excluding steroid dienone is 1. The summed E-state index contributed by atoms with van der Waals surface area (Å²) in [5.41, 5.74) is 6.75. The molecule has 0 atom stereocenters. The number of methoxy groups -OCH3 is 2. The number of amides is 1. The molecule has 2 aromatic carbocycles. The number of hydrogen-bond donors (Lipinski definition) is 2. The molecule has 1 aliphatic rings. The van der Waals surface area contributed by atoms with Crippen molar-refractivity contribution in [2.24, 2.45) is 10.7 Å². The van der Waals surface area contributed by atoms with Crippen LogP contribution < -0.4 is 30.0 Å². The molecule has 15 heteroatoms. The van der Waals surface area contributed by atoms with Gasteiger partial charge in [0.1, 0.15) is 23.9 Å². The van der Waals surface area contributed by atoms with Crippen molar-refractivity contribution in [2.75, 3.05) is 32.6 Å². The molecule has 46 heavy (non-hydrogen) atoms. The molecule has 2 aromatic heterocycles. The summed E-state index contributed by atoms with van der Waals surface area (Å²) in [6.45, 7) is 6.18. The minimum atomic E-state index is -0.662. The molecule has 14 nitrogen and oxygen atoms in total. The number of anilines is 2. The van der Waals surface area contributed by atoms with Crippen LogP contribution in [0.25, 0.3) is 10.9 Å². The highest BCUT2D eigenvalue weighted by molar-refractivity contribution is 5.93. The predicted molar refractivity (Wildman–Crippen MR) is 168 cm³/mol. The van der Waals surface area contributed by atoms with Crippen molar-refractivity contribution in [1.82, 2.24) is 24.8 Å². The number of fused-ring (bicyclic) bond motifs is 1. The van der Waals surface area contributed by atoms with Gasteiger partial charge in [0.25, 0.3) is 0 Å². The van der Waals surface area contributed by atoms with E-state index in [4.69, 9.17) is 29.4 Å². The van der Waals surface area contributed by atoms with Crippen LogP contribution >= 0.6 is 0 Å². The van der Waals surface area contributed by atoms with E-state index in [0.717, 1.165) is 0 Å². The van der Waals surface area contributed by atoms with Crippen LogP contribution in [0.2, 0.25) is 0 Å². The minimum absolute atomic E-state index is 0.0817. The Balaban J connectivity index is 1.26. The first kappa shape index (κ1) is 31.7. The first-order valence-electron chi connectivity index (χ1n) is 14.1. The number of nitrogens with two attached hydrogens (primary N) is 1. The van der Waals surface area contributed by atoms with Gasteiger partial charge in [0.05, 0.1) is 50.9 Å². The Morgan fingerprint density at radius 1 is 1.04 bits per heavy atom. The van der Waals surface area contributed by atoms with Crippen molar-refractivity contribution in [2.45, 2.75) is 32.5 Å². The summed E-state index contributed by atoms with van der Waals surface area (Å²) in [4.78, 5) is 34.6. The van der Waals surface area contributed by atoms with Crippen molar-refractivity contribution < 1.29 is 32.9 Å². The average Bonchev–Trinajstić information content (AvgIpc) is 2.99. The molecular formula is C31H33FN8O6. The summed E-state index contributed by atoms with van der Waals surface area (Å²) in [6.07, 6.45) is 6.42. The lowest BCUT2D eigenvalue weighted by atomic mass is 10.1. The topological polar surface area (TPSA) is 168 Å². The zero-order valence-corrected chi connectivity index (χ0v) is 25.9. The van der Waals surface area contributed by atoms with E-state index in [9.17, 15) is 4.79 Å². The summed E-state index contributed by atoms with van der Waals surface area (Å²) in [7, 11) is 2.99. The van der Waals surface area contributed by atoms with Gasteiger partial charge in [-0.1, -0.05) is 0 Å². The van der Waals surface area contributed by atoms with E-state index in [1.54, 1.807) is 23.1 Å². The largest absolute Gasteiger partial charge is 0.493 e. The van der Waals surface area contributed by atoms with Crippen LogP contribution in [0.1, 0.15) is 20.8 Å². The SMILES string of the molecule is COc1ncc(N=CC=C(N)Oc2ccc(Nc3ncnc4cc(OC)c(OC5CN(C(=O)OC(C)(C)C)C5)cc34)cc2F)cn1. The number of ether oxygens (including phenoxy) is 5. The number of halogens is 1. The van der Waals surface area contributed by atoms with Gasteiger partial charge in [-0.3, -0.25) is 4.99 Å². The molecule has 0 radical (unpaired) electrons. The normalized spacial score (nSPS) is 13.8. The number of carbonyl (C=O) groups is 1. The van der Waals surface area contributed by atoms with Gasteiger partial charge in [-0.2, -0.15) is 0 Å². The second kappa shape index (κ2) is 13.5. The third-order valence-corrected chi connectivity index (χ3v) is 6.40. The van der Waals surface area contributed by atoms with Crippen molar-refractivity contribution in [3.63, 3.8) is 0 Å². The summed E-state index contributed by atoms with van der Waals surface area (Å²) in [5.74, 6) is 0.490. The third kappa shape index (κ3) is 7.85. The van der Waals surface area contributed by atoms with Gasteiger partial charge < -0.3 is 39.6 Å². The summed E-state index contributed by atoms with van der Waals surface area (Å²) in [6, 6.07) is 7.98. The van der Waals surface area contributed by atoms with E-state index in [1.165, 1.54) is 57.4 Å². The molecule has 3 N–H and O–H groups in total. The highest BCUT2D eigenvalue weighted by Crippen LogP contribution is 2.36. The maximum absolute atomic E-state index is 15.0. The van der Waals surface area contributed by atoms with Crippen LogP contribution in [-0.4, -0.2) is 76.2 Å². The molecule has 4 aromatic rings. The molecule has 0 bridgehead atoms. The number of hydrogen-bond acceptors (Lipinski definition) is 13. The van der Waals surface area contributed by atoms with Gasteiger partial charge in [0, 0.05) is 35.5 Å². The van der Waals surface area contributed by atoms with Gasteiger partial charge in [-0.15, -0.1) is 0 Å². The summed E-state index contributed by atoms with van der Waals surface area (Å²) < 4.78 is 42.4. The minimum Gasteiger partial charge on any atom is -0.493 e. The van der Waals surface area contributed by atoms with E-state index in [0.29, 0.717) is 52.7 Å². The predicted octanol–water partition coefficient (Wildman–Crippen LogP) is 4.90. The van der Waals surface area contributed by atoms with Crippen LogP contribution in [0.5, 0.6) is 23.3 Å². The lowest BCUT2D eigenvalue weighted by Crippen LogP contribution is -2.57. The van der Waals surface area contributed by atoms with Gasteiger partial charge in [-0.25, -0.2) is 29.1 Å². The van der Waals surface area contributed by atoms with Crippen LogP contribution in [-0.2, 0) is 4.74 Å². The Morgan fingerprint density at radius 3 is 2.48 bits per heavy atom. The maximum Gasteiger partial charge on any atom is 0.410 e. The second-order valence-electron chi connectivity index (χ2n) is 11.0. The molecular weight excluding hydrogens is 599 g/mol. The Labute approximate surface area is 264 Å². The number of rotatable bonds is 10. The summed E-state index contributed by atoms with van der Waals surface area (Å²) in [5, 5.41) is 3.73. The number of likely N-dealkylation sites (tertiary alicyclic amines) is 1. The highest BCUT2D eigenvalue weighted by atomic mass is 19.1. The fraction of sp³-hybridized carbons (Fsp3) is 0.290. The zero-order chi connectivity index (χ0) is 32.8. The molecule has 1 aliphatic heterocycles. The molecule has 3 heterocycles. The first-order chi connectivity index (χ1) is 22.0. The lowest BCUT2D eigenvalue weighted by molar-refractivity contribution is -0.0225. The molecule has 0 saturated carbocycles. The van der Waals surface area contributed by atoms with E-state index in [2.05, 4.69) is 30.2 Å². The Kier molecular flexibility index (Phi) is 9.30. The first-order valence-corrected chi connectivity index (χ1v) is 14.1. The number of benzene rings is 2. The number of carbonyl (C=O) groups excluding carboxylic acids is 1. The fourth-order valence-electron chi connectivity index (χ4n) is 4.22. The molecule has 1 saturated heterocycles. The molecule has 1 fully saturated rings. The van der Waals surface area contributed by atoms with Crippen LogP contribution in [0.15, 0.2) is 66.0 Å². The van der Waals surface area contributed by atoms with Crippen molar-refractivity contribution in [3.8, 4) is 23.3 Å². The van der Waals surface area contributed by atoms with E-state index < -0.39 is 17.5 Å². The maximum atomic E-state index is 15.0. The Hall–Kier alpha value is -5.73. The van der Waals surface area contributed by atoms with Crippen LogP contribution in [0, 0.1) is 5.82 Å². The van der Waals surface area contributed by atoms with Crippen molar-refractivity contribution in [1.29, 1.82) is 0 Å². The number of aromatic nitrogens is 4. The standard InChI is InChI=1S/C31H33FN8O6/c1-31(2,3)46-30(41)40-15-20(16-40)44-26-11-21-23(12-25(26)42-4)37-17-38-28(21)39-18-6-7-24(22(32)10-18)45-27(33)8-9-34-19-13-35-29(43-5)36-14-19/h6-14,17,20H,15-16,33H2,1-5H3,(H,37,38,39). The van der Waals surface area contributed by atoms with E-state index >= 15 is 4.39 Å². The number of nitrogens with zero attached hydrogens (tertiary/aromatic N) is 6. The number of nitrogens with one attached hydrogen (secondary N) is 1. The monoisotopic (exact) mass is 632 g/mol. The van der Waals surface area contributed by atoms with E-state index in [-0.39, 0.29) is 23.7 Å². The van der Waals surface area contributed by atoms with Gasteiger partial charge in [0.15, 0.2) is 28.9 Å². The number of aliphatic imine (C=N–C) groups is 1. The lowest BCUT2D eigenvalue weighted by Gasteiger charge is -2.39.